The zero-order valence-electron chi connectivity index (χ0n) is 16.0. The zero-order chi connectivity index (χ0) is 19.6. The zero-order valence-corrected chi connectivity index (χ0v) is 17.6. The lowest BCUT2D eigenvalue weighted by Crippen LogP contribution is -2.17. The van der Waals surface area contributed by atoms with Crippen molar-refractivity contribution in [2.24, 2.45) is 0 Å². The molecule has 0 bridgehead atoms. The molecule has 144 valence electrons. The van der Waals surface area contributed by atoms with Gasteiger partial charge in [0.25, 0.3) is 0 Å². The Hall–Kier alpha value is -1.91. The number of hydrogen-bond acceptors (Lipinski definition) is 3. The van der Waals surface area contributed by atoms with E-state index >= 15 is 0 Å². The minimum Gasteiger partial charge on any atom is -0.342 e. The van der Waals surface area contributed by atoms with Crippen LogP contribution in [0.5, 0.6) is 0 Å². The van der Waals surface area contributed by atoms with E-state index in [4.69, 9.17) is 11.6 Å². The van der Waals surface area contributed by atoms with E-state index < -0.39 is 0 Å². The number of carbonyl (C=O) groups is 1. The molecule has 5 rings (SSSR count). The minimum atomic E-state index is -0.216. The number of hydrogen-bond donors (Lipinski definition) is 0. The van der Waals surface area contributed by atoms with Crippen molar-refractivity contribution in [3.63, 3.8) is 0 Å². The molecule has 1 unspecified atom stereocenters. The smallest absolute Gasteiger partial charge is 0.200 e. The van der Waals surface area contributed by atoms with Crippen LogP contribution >= 0.6 is 22.9 Å². The fraction of sp³-hybridized carbons (Fsp3) is 0.391. The van der Waals surface area contributed by atoms with Crippen LogP contribution in [0.2, 0.25) is 5.02 Å². The van der Waals surface area contributed by atoms with E-state index in [0.717, 1.165) is 30.3 Å². The van der Waals surface area contributed by atoms with Crippen LogP contribution in [-0.4, -0.2) is 10.4 Å². The number of carbonyl (C=O) groups excluding carboxylic acids is 1. The number of nitrogens with zero attached hydrogens (tertiary/aromatic N) is 1. The van der Waals surface area contributed by atoms with Crippen LogP contribution in [0.25, 0.3) is 21.3 Å². The molecule has 2 heterocycles. The third-order valence-corrected chi connectivity index (χ3v) is 7.76. The molecule has 0 radical (unpaired) electrons. The highest BCUT2D eigenvalue weighted by molar-refractivity contribution is 7.15. The monoisotopic (exact) mass is 411 g/mol. The Labute approximate surface area is 173 Å². The molecule has 1 saturated carbocycles. The van der Waals surface area contributed by atoms with E-state index in [9.17, 15) is 9.59 Å². The number of aromatic nitrogens is 1. The summed E-state index contributed by atoms with van der Waals surface area (Å²) in [6, 6.07) is 6.42. The predicted molar refractivity (Wildman–Crippen MR) is 116 cm³/mol. The maximum atomic E-state index is 12.9. The minimum absolute atomic E-state index is 0.193. The Morgan fingerprint density at radius 2 is 2.04 bits per heavy atom. The van der Waals surface area contributed by atoms with Crippen molar-refractivity contribution < 1.29 is 4.79 Å². The molecule has 2 aliphatic rings. The van der Waals surface area contributed by atoms with Gasteiger partial charge >= 0.3 is 0 Å². The normalized spacial score (nSPS) is 19.0. The van der Waals surface area contributed by atoms with Crippen molar-refractivity contribution in [3.8, 4) is 10.4 Å². The molecule has 0 amide bonds. The molecule has 2 aromatic heterocycles. The number of thiophene rings is 1. The van der Waals surface area contributed by atoms with Gasteiger partial charge in [0, 0.05) is 32.9 Å². The van der Waals surface area contributed by atoms with Crippen molar-refractivity contribution in [3.05, 3.63) is 55.6 Å². The highest BCUT2D eigenvalue weighted by atomic mass is 35.5. The standard InChI is InChI=1S/C23H22ClNO2S/c1-12-4-3-5-19-17(12)10-20(28-19)15-8-9-16-22(21(15)24)25(14-6-7-14)11-18(13(2)26)23(16)27/h8-12,14H,3-7H2,1-2H3. The van der Waals surface area contributed by atoms with E-state index in [1.54, 1.807) is 6.20 Å². The van der Waals surface area contributed by atoms with Crippen molar-refractivity contribution >= 4 is 39.6 Å². The van der Waals surface area contributed by atoms with Crippen LogP contribution in [0.4, 0.5) is 0 Å². The SMILES string of the molecule is CC(=O)c1cn(C2CC2)c2c(Cl)c(-c3cc4c(s3)CCCC4C)ccc2c1=O. The second-order valence-electron chi connectivity index (χ2n) is 8.17. The summed E-state index contributed by atoms with van der Waals surface area (Å²) in [5.41, 5.74) is 3.26. The van der Waals surface area contributed by atoms with Gasteiger partial charge in [0.05, 0.1) is 16.1 Å². The summed E-state index contributed by atoms with van der Waals surface area (Å²) >= 11 is 8.75. The lowest BCUT2D eigenvalue weighted by Gasteiger charge is -2.17. The van der Waals surface area contributed by atoms with Gasteiger partial charge in [-0.15, -0.1) is 11.3 Å². The summed E-state index contributed by atoms with van der Waals surface area (Å²) in [6.45, 7) is 3.75. The first kappa shape index (κ1) is 18.1. The number of rotatable bonds is 3. The number of aryl methyl sites for hydroxylation is 1. The number of halogens is 1. The van der Waals surface area contributed by atoms with Crippen LogP contribution in [0, 0.1) is 0 Å². The van der Waals surface area contributed by atoms with E-state index in [1.807, 2.05) is 23.5 Å². The molecular weight excluding hydrogens is 390 g/mol. The van der Waals surface area contributed by atoms with E-state index in [-0.39, 0.29) is 16.8 Å². The summed E-state index contributed by atoms with van der Waals surface area (Å²) < 4.78 is 2.06. The van der Waals surface area contributed by atoms with Gasteiger partial charge in [-0.2, -0.15) is 0 Å². The van der Waals surface area contributed by atoms with Crippen molar-refractivity contribution in [2.75, 3.05) is 0 Å². The predicted octanol–water partition coefficient (Wildman–Crippen LogP) is 6.36. The Morgan fingerprint density at radius 1 is 1.25 bits per heavy atom. The molecule has 0 N–H and O–H groups in total. The van der Waals surface area contributed by atoms with Crippen LogP contribution < -0.4 is 5.43 Å². The number of Topliss-reactive ketones (excluding diaryl/α,β-unsaturated/α-hetero) is 1. The molecule has 5 heteroatoms. The Kier molecular flexibility index (Phi) is 4.25. The van der Waals surface area contributed by atoms with Crippen molar-refractivity contribution in [2.45, 2.75) is 57.9 Å². The summed E-state index contributed by atoms with van der Waals surface area (Å²) in [6.07, 6.45) is 7.46. The fourth-order valence-electron chi connectivity index (χ4n) is 4.40. The summed E-state index contributed by atoms with van der Waals surface area (Å²) in [5, 5.41) is 1.17. The van der Waals surface area contributed by atoms with Crippen LogP contribution in [0.1, 0.15) is 72.3 Å². The van der Waals surface area contributed by atoms with Crippen LogP contribution in [0.3, 0.4) is 0 Å². The molecule has 3 aromatic rings. The van der Waals surface area contributed by atoms with Gasteiger partial charge < -0.3 is 4.57 Å². The molecule has 1 fully saturated rings. The number of ketones is 1. The number of fused-ring (bicyclic) bond motifs is 2. The third-order valence-electron chi connectivity index (χ3n) is 6.13. The Bertz CT molecular complexity index is 1190. The Morgan fingerprint density at radius 3 is 2.71 bits per heavy atom. The second-order valence-corrected chi connectivity index (χ2v) is 9.69. The highest BCUT2D eigenvalue weighted by Gasteiger charge is 2.28. The average molecular weight is 412 g/mol. The summed E-state index contributed by atoms with van der Waals surface area (Å²) in [5.74, 6) is 0.400. The van der Waals surface area contributed by atoms with Crippen LogP contribution in [0.15, 0.2) is 29.2 Å². The Balaban J connectivity index is 1.76. The first-order valence-electron chi connectivity index (χ1n) is 9.97. The number of pyridine rings is 1. The lowest BCUT2D eigenvalue weighted by molar-refractivity contribution is 0.101. The second kappa shape index (κ2) is 6.57. The molecular formula is C23H22ClNO2S. The molecule has 28 heavy (non-hydrogen) atoms. The summed E-state index contributed by atoms with van der Waals surface area (Å²) in [7, 11) is 0. The topological polar surface area (TPSA) is 39.1 Å². The van der Waals surface area contributed by atoms with Gasteiger partial charge in [-0.05, 0) is 62.6 Å². The maximum absolute atomic E-state index is 12.9. The van der Waals surface area contributed by atoms with E-state index in [2.05, 4.69) is 17.6 Å². The largest absolute Gasteiger partial charge is 0.342 e. The van der Waals surface area contributed by atoms with Crippen LogP contribution in [-0.2, 0) is 6.42 Å². The molecule has 1 atom stereocenters. The van der Waals surface area contributed by atoms with E-state index in [0.29, 0.717) is 22.4 Å². The van der Waals surface area contributed by atoms with Gasteiger partial charge in [0.2, 0.25) is 0 Å². The maximum Gasteiger partial charge on any atom is 0.200 e. The summed E-state index contributed by atoms with van der Waals surface area (Å²) in [4.78, 5) is 27.5. The first-order chi connectivity index (χ1) is 13.5. The third kappa shape index (κ3) is 2.77. The molecule has 3 nitrogen and oxygen atoms in total. The van der Waals surface area contributed by atoms with Gasteiger partial charge in [-0.1, -0.05) is 24.6 Å². The number of benzene rings is 1. The average Bonchev–Trinajstić information content (AvgIpc) is 3.41. The molecule has 0 spiro atoms. The van der Waals surface area contributed by atoms with Gasteiger partial charge in [-0.3, -0.25) is 9.59 Å². The fourth-order valence-corrected chi connectivity index (χ4v) is 6.18. The van der Waals surface area contributed by atoms with Gasteiger partial charge in [-0.25, -0.2) is 0 Å². The molecule has 0 aliphatic heterocycles. The van der Waals surface area contributed by atoms with Crippen molar-refractivity contribution in [1.29, 1.82) is 0 Å². The molecule has 1 aromatic carbocycles. The highest BCUT2D eigenvalue weighted by Crippen LogP contribution is 2.45. The van der Waals surface area contributed by atoms with Gasteiger partial charge in [0.15, 0.2) is 11.2 Å². The first-order valence-corrected chi connectivity index (χ1v) is 11.2. The molecule has 2 aliphatic carbocycles. The quantitative estimate of drug-likeness (QED) is 0.470. The van der Waals surface area contributed by atoms with Gasteiger partial charge in [0.1, 0.15) is 0 Å². The lowest BCUT2D eigenvalue weighted by atomic mass is 9.89. The van der Waals surface area contributed by atoms with Crippen molar-refractivity contribution in [1.82, 2.24) is 4.57 Å². The van der Waals surface area contributed by atoms with E-state index in [1.165, 1.54) is 35.1 Å². The molecule has 0 saturated heterocycles.